The van der Waals surface area contributed by atoms with E-state index in [4.69, 9.17) is 9.47 Å². The topological polar surface area (TPSA) is 37.5 Å². The summed E-state index contributed by atoms with van der Waals surface area (Å²) in [5, 5.41) is 0. The van der Waals surface area contributed by atoms with Gasteiger partial charge in [-0.25, -0.2) is 0 Å². The molecular formula is C22H36N2O2. The Hall–Kier alpha value is -1.36. The van der Waals surface area contributed by atoms with Crippen molar-refractivity contribution in [3.8, 4) is 0 Å². The maximum absolute atomic E-state index is 5.69. The van der Waals surface area contributed by atoms with Gasteiger partial charge in [0.2, 0.25) is 0 Å². The highest BCUT2D eigenvalue weighted by Crippen LogP contribution is 2.25. The Bertz CT molecular complexity index is 589. The predicted molar refractivity (Wildman–Crippen MR) is 109 cm³/mol. The minimum atomic E-state index is 0.0444. The molecule has 1 aliphatic rings. The Balaban J connectivity index is 2.10. The molecule has 2 rings (SSSR count). The lowest BCUT2D eigenvalue weighted by molar-refractivity contribution is 0.175. The van der Waals surface area contributed by atoms with Gasteiger partial charge in [-0.05, 0) is 69.0 Å². The minimum absolute atomic E-state index is 0.0444. The summed E-state index contributed by atoms with van der Waals surface area (Å²) in [4.78, 5) is 6.00. The van der Waals surface area contributed by atoms with E-state index in [1.165, 1.54) is 41.7 Å². The highest BCUT2D eigenvalue weighted by molar-refractivity contribution is 5.65. The fourth-order valence-electron chi connectivity index (χ4n) is 3.60. The van der Waals surface area contributed by atoms with Gasteiger partial charge in [-0.1, -0.05) is 25.0 Å². The van der Waals surface area contributed by atoms with Gasteiger partial charge in [0, 0.05) is 39.3 Å². The van der Waals surface area contributed by atoms with Crippen molar-refractivity contribution in [1.29, 1.82) is 0 Å². The molecule has 0 spiro atoms. The average molecular weight is 361 g/mol. The SMILES string of the molecule is CCCCN(CCCCOC)CC1=CC(OC)/C=C(/C)c2[nH]ccc2C1. The molecule has 0 saturated carbocycles. The van der Waals surface area contributed by atoms with E-state index in [-0.39, 0.29) is 6.10 Å². The van der Waals surface area contributed by atoms with Crippen molar-refractivity contribution in [1.82, 2.24) is 9.88 Å². The van der Waals surface area contributed by atoms with Crippen LogP contribution in [0.5, 0.6) is 0 Å². The fourth-order valence-corrected chi connectivity index (χ4v) is 3.60. The summed E-state index contributed by atoms with van der Waals surface area (Å²) in [6.45, 7) is 8.58. The summed E-state index contributed by atoms with van der Waals surface area (Å²) < 4.78 is 10.9. The number of nitrogens with zero attached hydrogens (tertiary/aromatic N) is 1. The number of aromatic amines is 1. The molecule has 0 amide bonds. The maximum Gasteiger partial charge on any atom is 0.0943 e. The van der Waals surface area contributed by atoms with E-state index in [0.29, 0.717) is 0 Å². The van der Waals surface area contributed by atoms with Crippen molar-refractivity contribution in [2.75, 3.05) is 40.5 Å². The second-order valence-electron chi connectivity index (χ2n) is 7.26. The number of rotatable bonds is 11. The molecule has 146 valence electrons. The molecule has 1 aromatic rings. The molecular weight excluding hydrogens is 324 g/mol. The number of ether oxygens (including phenoxy) is 2. The highest BCUT2D eigenvalue weighted by Gasteiger charge is 2.16. The number of H-pyrrole nitrogens is 1. The summed E-state index contributed by atoms with van der Waals surface area (Å²) in [6.07, 6.45) is 12.4. The molecule has 0 bridgehead atoms. The highest BCUT2D eigenvalue weighted by atomic mass is 16.5. The van der Waals surface area contributed by atoms with Gasteiger partial charge >= 0.3 is 0 Å². The molecule has 0 aliphatic heterocycles. The number of methoxy groups -OCH3 is 2. The van der Waals surface area contributed by atoms with Crippen LogP contribution in [0.4, 0.5) is 0 Å². The van der Waals surface area contributed by atoms with Crippen LogP contribution in [0, 0.1) is 0 Å². The smallest absolute Gasteiger partial charge is 0.0943 e. The Morgan fingerprint density at radius 2 is 1.96 bits per heavy atom. The first kappa shape index (κ1) is 20.9. The predicted octanol–water partition coefficient (Wildman–Crippen LogP) is 4.44. The van der Waals surface area contributed by atoms with Crippen molar-refractivity contribution in [2.45, 2.75) is 52.1 Å². The van der Waals surface area contributed by atoms with Crippen molar-refractivity contribution in [3.63, 3.8) is 0 Å². The van der Waals surface area contributed by atoms with Crippen LogP contribution in [0.1, 0.15) is 50.8 Å². The summed E-state index contributed by atoms with van der Waals surface area (Å²) in [7, 11) is 3.57. The molecule has 4 heteroatoms. The van der Waals surface area contributed by atoms with E-state index in [1.807, 2.05) is 6.20 Å². The number of hydrogen-bond acceptors (Lipinski definition) is 3. The van der Waals surface area contributed by atoms with Gasteiger partial charge in [0.05, 0.1) is 6.10 Å². The first-order valence-corrected chi connectivity index (χ1v) is 9.96. The van der Waals surface area contributed by atoms with Crippen LogP contribution >= 0.6 is 0 Å². The standard InChI is InChI=1S/C22H36N2O2/c1-5-6-11-24(12-7-8-13-25-3)17-19-15-20-9-10-23-22(20)18(2)14-21(16-19)26-4/h9-10,14,16,21,23H,5-8,11-13,15,17H2,1-4H3/b18-14-,19-16?. The van der Waals surface area contributed by atoms with Gasteiger partial charge in [0.25, 0.3) is 0 Å². The van der Waals surface area contributed by atoms with Crippen LogP contribution in [-0.4, -0.2) is 56.4 Å². The second-order valence-corrected chi connectivity index (χ2v) is 7.26. The first-order valence-electron chi connectivity index (χ1n) is 9.96. The van der Waals surface area contributed by atoms with E-state index in [0.717, 1.165) is 39.1 Å². The number of aromatic nitrogens is 1. The van der Waals surface area contributed by atoms with Gasteiger partial charge in [-0.15, -0.1) is 0 Å². The van der Waals surface area contributed by atoms with Gasteiger partial charge in [0.1, 0.15) is 0 Å². The minimum Gasteiger partial charge on any atom is -0.385 e. The molecule has 1 heterocycles. The van der Waals surface area contributed by atoms with E-state index < -0.39 is 0 Å². The number of fused-ring (bicyclic) bond motifs is 1. The lowest BCUT2D eigenvalue weighted by Gasteiger charge is -2.25. The van der Waals surface area contributed by atoms with Crippen molar-refractivity contribution in [3.05, 3.63) is 41.2 Å². The van der Waals surface area contributed by atoms with Crippen LogP contribution in [0.25, 0.3) is 5.57 Å². The molecule has 1 unspecified atom stereocenters. The lowest BCUT2D eigenvalue weighted by Crippen LogP contribution is -2.29. The van der Waals surface area contributed by atoms with E-state index in [1.54, 1.807) is 14.2 Å². The zero-order valence-corrected chi connectivity index (χ0v) is 17.0. The summed E-state index contributed by atoms with van der Waals surface area (Å²) in [5.41, 5.74) is 5.34. The van der Waals surface area contributed by atoms with Gasteiger partial charge in [0.15, 0.2) is 0 Å². The van der Waals surface area contributed by atoms with Crippen LogP contribution in [0.3, 0.4) is 0 Å². The third-order valence-electron chi connectivity index (χ3n) is 5.06. The molecule has 4 nitrogen and oxygen atoms in total. The van der Waals surface area contributed by atoms with Crippen LogP contribution < -0.4 is 0 Å². The van der Waals surface area contributed by atoms with Crippen molar-refractivity contribution in [2.24, 2.45) is 0 Å². The van der Waals surface area contributed by atoms with Crippen LogP contribution in [0.2, 0.25) is 0 Å². The second kappa shape index (κ2) is 11.4. The molecule has 0 fully saturated rings. The van der Waals surface area contributed by atoms with E-state index in [9.17, 15) is 0 Å². The number of hydrogen-bond donors (Lipinski definition) is 1. The zero-order chi connectivity index (χ0) is 18.8. The van der Waals surface area contributed by atoms with Crippen molar-refractivity contribution < 1.29 is 9.47 Å². The fraction of sp³-hybridized carbons (Fsp3) is 0.636. The number of nitrogens with one attached hydrogen (secondary N) is 1. The third-order valence-corrected chi connectivity index (χ3v) is 5.06. The molecule has 1 aromatic heterocycles. The summed E-state index contributed by atoms with van der Waals surface area (Å²) >= 11 is 0. The number of unbranched alkanes of at least 4 members (excludes halogenated alkanes) is 2. The Morgan fingerprint density at radius 3 is 2.69 bits per heavy atom. The van der Waals surface area contributed by atoms with Crippen LogP contribution in [-0.2, 0) is 15.9 Å². The Labute approximate surface area is 159 Å². The normalized spacial score (nSPS) is 19.5. The molecule has 1 N–H and O–H groups in total. The molecule has 0 saturated heterocycles. The largest absolute Gasteiger partial charge is 0.385 e. The van der Waals surface area contributed by atoms with E-state index in [2.05, 4.69) is 41.9 Å². The zero-order valence-electron chi connectivity index (χ0n) is 17.0. The quantitative estimate of drug-likeness (QED) is 0.468. The first-order chi connectivity index (χ1) is 12.7. The summed E-state index contributed by atoms with van der Waals surface area (Å²) in [5.74, 6) is 0. The monoisotopic (exact) mass is 360 g/mol. The van der Waals surface area contributed by atoms with Gasteiger partial charge in [-0.2, -0.15) is 0 Å². The molecule has 1 aliphatic carbocycles. The van der Waals surface area contributed by atoms with Gasteiger partial charge < -0.3 is 14.5 Å². The Kier molecular flexibility index (Phi) is 9.16. The average Bonchev–Trinajstić information content (AvgIpc) is 3.08. The molecule has 26 heavy (non-hydrogen) atoms. The lowest BCUT2D eigenvalue weighted by atomic mass is 9.96. The maximum atomic E-state index is 5.69. The third kappa shape index (κ3) is 6.42. The molecule has 0 aromatic carbocycles. The van der Waals surface area contributed by atoms with E-state index >= 15 is 0 Å². The van der Waals surface area contributed by atoms with Crippen molar-refractivity contribution >= 4 is 5.57 Å². The molecule has 0 radical (unpaired) electrons. The molecule has 1 atom stereocenters. The number of allylic oxidation sites excluding steroid dienone is 1. The Morgan fingerprint density at radius 1 is 1.15 bits per heavy atom. The van der Waals surface area contributed by atoms with Gasteiger partial charge in [-0.3, -0.25) is 4.90 Å². The van der Waals surface area contributed by atoms with Crippen LogP contribution in [0.15, 0.2) is 30.0 Å². The summed E-state index contributed by atoms with van der Waals surface area (Å²) in [6, 6.07) is 2.21.